The fourth-order valence-corrected chi connectivity index (χ4v) is 3.26. The molecule has 1 N–H and O–H groups in total. The molecule has 0 saturated carbocycles. The number of halogens is 1. The third kappa shape index (κ3) is 2.84. The fraction of sp³-hybridized carbons (Fsp3) is 0.0714. The van der Waals surface area contributed by atoms with Gasteiger partial charge >= 0.3 is 0 Å². The van der Waals surface area contributed by atoms with Gasteiger partial charge in [0, 0.05) is 13.1 Å². The summed E-state index contributed by atoms with van der Waals surface area (Å²) in [6.45, 7) is 0. The van der Waals surface area contributed by atoms with Gasteiger partial charge in [0.25, 0.3) is 10.0 Å². The molecular weight excluding hydrogens is 338 g/mol. The summed E-state index contributed by atoms with van der Waals surface area (Å²) in [4.78, 5) is 8.16. The van der Waals surface area contributed by atoms with Crippen LogP contribution in [-0.4, -0.2) is 23.0 Å². The van der Waals surface area contributed by atoms with Gasteiger partial charge < -0.3 is 4.57 Å². The second kappa shape index (κ2) is 5.53. The third-order valence-electron chi connectivity index (χ3n) is 3.21. The number of fused-ring (bicyclic) bond motifs is 1. The van der Waals surface area contributed by atoms with Crippen molar-refractivity contribution in [2.45, 2.75) is 4.90 Å². The van der Waals surface area contributed by atoms with Crippen molar-refractivity contribution in [1.29, 1.82) is 5.26 Å². The van der Waals surface area contributed by atoms with Crippen molar-refractivity contribution in [2.75, 3.05) is 4.72 Å². The number of rotatable bonds is 3. The van der Waals surface area contributed by atoms with Gasteiger partial charge in [-0.3, -0.25) is 4.72 Å². The van der Waals surface area contributed by atoms with Crippen LogP contribution in [0.15, 0.2) is 41.6 Å². The normalized spacial score (nSPS) is 11.3. The van der Waals surface area contributed by atoms with Crippen LogP contribution in [-0.2, 0) is 17.1 Å². The number of aromatic nitrogens is 3. The molecule has 116 valence electrons. The first-order valence-electron chi connectivity index (χ1n) is 6.41. The number of imidazole rings is 1. The Balaban J connectivity index is 2.05. The molecular formula is C14H10ClN5O2S. The zero-order chi connectivity index (χ0) is 16.6. The number of nitriles is 1. The van der Waals surface area contributed by atoms with Gasteiger partial charge in [0.2, 0.25) is 0 Å². The maximum atomic E-state index is 12.5. The third-order valence-corrected chi connectivity index (χ3v) is 4.75. The van der Waals surface area contributed by atoms with Crippen molar-refractivity contribution in [3.63, 3.8) is 0 Å². The van der Waals surface area contributed by atoms with E-state index in [-0.39, 0.29) is 15.9 Å². The molecule has 0 radical (unpaired) electrons. The minimum absolute atomic E-state index is 0.0161. The fourth-order valence-electron chi connectivity index (χ4n) is 2.06. The van der Waals surface area contributed by atoms with E-state index in [0.29, 0.717) is 16.6 Å². The van der Waals surface area contributed by atoms with Crippen LogP contribution in [0.4, 0.5) is 5.82 Å². The highest BCUT2D eigenvalue weighted by atomic mass is 35.5. The number of sulfonamides is 1. The topological polar surface area (TPSA) is 101 Å². The number of pyridine rings is 1. The van der Waals surface area contributed by atoms with Crippen LogP contribution in [0, 0.1) is 11.3 Å². The second-order valence-corrected chi connectivity index (χ2v) is 6.83. The SMILES string of the molecule is Cn1cnc2c(NS(=O)(=O)c3ccc(C#N)cc3)nc(Cl)cc21. The first kappa shape index (κ1) is 15.3. The van der Waals surface area contributed by atoms with E-state index < -0.39 is 10.0 Å². The molecule has 2 heterocycles. The molecule has 7 nitrogen and oxygen atoms in total. The lowest BCUT2D eigenvalue weighted by Gasteiger charge is -2.08. The van der Waals surface area contributed by atoms with E-state index in [1.54, 1.807) is 24.0 Å². The van der Waals surface area contributed by atoms with Crippen molar-refractivity contribution in [2.24, 2.45) is 7.05 Å². The number of hydrogen-bond acceptors (Lipinski definition) is 5. The van der Waals surface area contributed by atoms with Crippen LogP contribution < -0.4 is 4.72 Å². The van der Waals surface area contributed by atoms with Gasteiger partial charge in [-0.2, -0.15) is 5.26 Å². The van der Waals surface area contributed by atoms with Gasteiger partial charge in [0.1, 0.15) is 10.7 Å². The molecule has 3 rings (SSSR count). The Morgan fingerprint density at radius 2 is 2.00 bits per heavy atom. The van der Waals surface area contributed by atoms with Crippen LogP contribution in [0.2, 0.25) is 5.15 Å². The van der Waals surface area contributed by atoms with Crippen LogP contribution >= 0.6 is 11.6 Å². The Morgan fingerprint density at radius 1 is 1.30 bits per heavy atom. The van der Waals surface area contributed by atoms with Gasteiger partial charge in [-0.1, -0.05) is 11.6 Å². The van der Waals surface area contributed by atoms with E-state index in [2.05, 4.69) is 14.7 Å². The zero-order valence-electron chi connectivity index (χ0n) is 11.9. The largest absolute Gasteiger partial charge is 0.334 e. The maximum Gasteiger partial charge on any atom is 0.263 e. The van der Waals surface area contributed by atoms with Gasteiger partial charge in [-0.05, 0) is 24.3 Å². The first-order valence-corrected chi connectivity index (χ1v) is 8.27. The second-order valence-electron chi connectivity index (χ2n) is 4.76. The Labute approximate surface area is 137 Å². The minimum atomic E-state index is -3.87. The van der Waals surface area contributed by atoms with E-state index >= 15 is 0 Å². The molecule has 0 unspecified atom stereocenters. The smallest absolute Gasteiger partial charge is 0.263 e. The predicted octanol–water partition coefficient (Wildman–Crippen LogP) is 2.29. The first-order chi connectivity index (χ1) is 10.9. The summed E-state index contributed by atoms with van der Waals surface area (Å²) >= 11 is 5.94. The molecule has 0 saturated heterocycles. The van der Waals surface area contributed by atoms with Crippen LogP contribution in [0.1, 0.15) is 5.56 Å². The number of nitrogens with zero attached hydrogens (tertiary/aromatic N) is 4. The Morgan fingerprint density at radius 3 is 2.65 bits per heavy atom. The summed E-state index contributed by atoms with van der Waals surface area (Å²) in [6.07, 6.45) is 1.54. The number of benzene rings is 1. The predicted molar refractivity (Wildman–Crippen MR) is 85.5 cm³/mol. The number of nitrogens with one attached hydrogen (secondary N) is 1. The summed E-state index contributed by atoms with van der Waals surface area (Å²) in [5, 5.41) is 8.92. The van der Waals surface area contributed by atoms with Gasteiger partial charge in [0.15, 0.2) is 5.82 Å². The van der Waals surface area contributed by atoms with E-state index in [1.165, 1.54) is 24.3 Å². The molecule has 0 bridgehead atoms. The summed E-state index contributed by atoms with van der Waals surface area (Å²) < 4.78 is 29.0. The van der Waals surface area contributed by atoms with Crippen LogP contribution in [0.3, 0.4) is 0 Å². The number of hydrogen-bond donors (Lipinski definition) is 1. The Hall–Kier alpha value is -2.63. The lowest BCUT2D eigenvalue weighted by Crippen LogP contribution is -2.14. The summed E-state index contributed by atoms with van der Waals surface area (Å²) in [5.74, 6) is 0.0532. The average Bonchev–Trinajstić information content (AvgIpc) is 2.88. The lowest BCUT2D eigenvalue weighted by atomic mass is 10.2. The van der Waals surface area contributed by atoms with Gasteiger partial charge in [-0.25, -0.2) is 18.4 Å². The number of anilines is 1. The zero-order valence-corrected chi connectivity index (χ0v) is 13.4. The van der Waals surface area contributed by atoms with E-state index in [1.807, 2.05) is 6.07 Å². The Bertz CT molecular complexity index is 1040. The molecule has 1 aromatic carbocycles. The molecule has 23 heavy (non-hydrogen) atoms. The lowest BCUT2D eigenvalue weighted by molar-refractivity contribution is 0.601. The summed E-state index contributed by atoms with van der Waals surface area (Å²) in [7, 11) is -2.10. The standard InChI is InChI=1S/C14H10ClN5O2S/c1-20-8-17-13-11(20)6-12(15)18-14(13)19-23(21,22)10-4-2-9(7-16)3-5-10/h2-6,8H,1H3,(H,18,19). The minimum Gasteiger partial charge on any atom is -0.334 e. The van der Waals surface area contributed by atoms with Crippen molar-refractivity contribution in [3.05, 3.63) is 47.4 Å². The highest BCUT2D eigenvalue weighted by Crippen LogP contribution is 2.25. The molecule has 2 aromatic heterocycles. The van der Waals surface area contributed by atoms with Crippen LogP contribution in [0.5, 0.6) is 0 Å². The quantitative estimate of drug-likeness (QED) is 0.732. The van der Waals surface area contributed by atoms with Crippen molar-refractivity contribution in [1.82, 2.24) is 14.5 Å². The summed E-state index contributed by atoms with van der Waals surface area (Å²) in [6, 6.07) is 9.08. The average molecular weight is 348 g/mol. The van der Waals surface area contributed by atoms with E-state index in [0.717, 1.165) is 0 Å². The molecule has 3 aromatic rings. The summed E-state index contributed by atoms with van der Waals surface area (Å²) in [5.41, 5.74) is 1.42. The molecule has 0 fully saturated rings. The molecule has 0 amide bonds. The molecule has 0 aliphatic carbocycles. The Kier molecular flexibility index (Phi) is 3.67. The highest BCUT2D eigenvalue weighted by molar-refractivity contribution is 7.92. The molecule has 0 aliphatic heterocycles. The van der Waals surface area contributed by atoms with Crippen molar-refractivity contribution >= 4 is 38.5 Å². The molecule has 0 atom stereocenters. The van der Waals surface area contributed by atoms with Crippen molar-refractivity contribution in [3.8, 4) is 6.07 Å². The van der Waals surface area contributed by atoms with Gasteiger partial charge in [0.05, 0.1) is 28.4 Å². The van der Waals surface area contributed by atoms with E-state index in [4.69, 9.17) is 16.9 Å². The van der Waals surface area contributed by atoms with Gasteiger partial charge in [-0.15, -0.1) is 0 Å². The van der Waals surface area contributed by atoms with Crippen molar-refractivity contribution < 1.29 is 8.42 Å². The van der Waals surface area contributed by atoms with Crippen LogP contribution in [0.25, 0.3) is 11.0 Å². The monoisotopic (exact) mass is 347 g/mol. The van der Waals surface area contributed by atoms with E-state index in [9.17, 15) is 8.42 Å². The number of aryl methyl sites for hydroxylation is 1. The molecule has 0 aliphatic rings. The highest BCUT2D eigenvalue weighted by Gasteiger charge is 2.18. The molecule has 9 heteroatoms. The maximum absolute atomic E-state index is 12.5. The molecule has 0 spiro atoms.